The van der Waals surface area contributed by atoms with Crippen molar-refractivity contribution in [3.05, 3.63) is 31.6 Å². The molecule has 0 saturated heterocycles. The van der Waals surface area contributed by atoms with E-state index in [4.69, 9.17) is 0 Å². The summed E-state index contributed by atoms with van der Waals surface area (Å²) in [5.74, 6) is 0.343. The Morgan fingerprint density at radius 1 is 1.07 bits per heavy atom. The third kappa shape index (κ3) is 6.48. The van der Waals surface area contributed by atoms with E-state index in [1.165, 1.54) is 0 Å². The number of carbonyl (C=O) groups excluding carboxylic acids is 1. The molecule has 0 aliphatic carbocycles. The topological polar surface area (TPSA) is 17.1 Å². The first-order valence-electron chi connectivity index (χ1n) is 4.64. The number of hydrogen-bond donors (Lipinski definition) is 0. The van der Waals surface area contributed by atoms with Gasteiger partial charge in [0.15, 0.2) is 0 Å². The molecule has 0 heterocycles. The molecule has 0 aliphatic heterocycles. The zero-order valence-corrected chi connectivity index (χ0v) is 13.4. The standard InChI is InChI=1S/C6H3Br3.C5H10O/c7-4-2-1-3-5(8)6(4)9;1-3-5(6)4-2/h1-3H;3-4H2,1-2H3. The van der Waals surface area contributed by atoms with Crippen molar-refractivity contribution in [2.75, 3.05) is 0 Å². The summed E-state index contributed by atoms with van der Waals surface area (Å²) in [5, 5.41) is 0. The lowest BCUT2D eigenvalue weighted by atomic mass is 10.3. The van der Waals surface area contributed by atoms with Crippen LogP contribution in [0, 0.1) is 0 Å². The van der Waals surface area contributed by atoms with Crippen LogP contribution in [0.1, 0.15) is 26.7 Å². The molecule has 0 amide bonds. The Morgan fingerprint density at radius 3 is 1.67 bits per heavy atom. The van der Waals surface area contributed by atoms with E-state index < -0.39 is 0 Å². The number of ketones is 1. The van der Waals surface area contributed by atoms with Crippen molar-refractivity contribution in [1.82, 2.24) is 0 Å². The van der Waals surface area contributed by atoms with Crippen LogP contribution in [0.25, 0.3) is 0 Å². The zero-order chi connectivity index (χ0) is 11.8. The molecule has 1 aromatic carbocycles. The average Bonchev–Trinajstić information content (AvgIpc) is 2.25. The van der Waals surface area contributed by atoms with E-state index in [2.05, 4.69) is 47.8 Å². The second-order valence-electron chi connectivity index (χ2n) is 2.78. The maximum Gasteiger partial charge on any atom is 0.132 e. The van der Waals surface area contributed by atoms with Gasteiger partial charge in [-0.05, 0) is 59.9 Å². The summed E-state index contributed by atoms with van der Waals surface area (Å²) in [6.45, 7) is 3.76. The maximum absolute atomic E-state index is 10.2. The van der Waals surface area contributed by atoms with Crippen LogP contribution in [0.3, 0.4) is 0 Å². The van der Waals surface area contributed by atoms with Gasteiger partial charge >= 0.3 is 0 Å². The Hall–Kier alpha value is 0.330. The molecular formula is C11H13Br3O. The highest BCUT2D eigenvalue weighted by Crippen LogP contribution is 2.29. The van der Waals surface area contributed by atoms with Crippen LogP contribution in [0.4, 0.5) is 0 Å². The first-order chi connectivity index (χ1) is 7.02. The molecule has 15 heavy (non-hydrogen) atoms. The van der Waals surface area contributed by atoms with Crippen LogP contribution >= 0.6 is 47.8 Å². The number of carbonyl (C=O) groups is 1. The molecule has 4 heteroatoms. The molecule has 0 radical (unpaired) electrons. The molecular weight excluding hydrogens is 388 g/mol. The number of Topliss-reactive ketones (excluding diaryl/α,β-unsaturated/α-hetero) is 1. The lowest BCUT2D eigenvalue weighted by molar-refractivity contribution is -0.118. The molecule has 0 bridgehead atoms. The first kappa shape index (κ1) is 15.3. The fourth-order valence-corrected chi connectivity index (χ4v) is 1.99. The number of hydrogen-bond acceptors (Lipinski definition) is 1. The van der Waals surface area contributed by atoms with Gasteiger partial charge in [0.25, 0.3) is 0 Å². The number of rotatable bonds is 2. The van der Waals surface area contributed by atoms with Gasteiger partial charge in [-0.15, -0.1) is 0 Å². The largest absolute Gasteiger partial charge is 0.300 e. The zero-order valence-electron chi connectivity index (χ0n) is 8.69. The highest BCUT2D eigenvalue weighted by Gasteiger charge is 1.97. The van der Waals surface area contributed by atoms with Gasteiger partial charge < -0.3 is 0 Å². The molecule has 0 fully saturated rings. The molecule has 0 unspecified atom stereocenters. The third-order valence-electron chi connectivity index (χ3n) is 1.69. The summed E-state index contributed by atoms with van der Waals surface area (Å²) >= 11 is 10.1. The smallest absolute Gasteiger partial charge is 0.132 e. The second-order valence-corrected chi connectivity index (χ2v) is 5.28. The van der Waals surface area contributed by atoms with Crippen molar-refractivity contribution in [1.29, 1.82) is 0 Å². The van der Waals surface area contributed by atoms with Crippen molar-refractivity contribution in [2.24, 2.45) is 0 Å². The average molecular weight is 401 g/mol. The van der Waals surface area contributed by atoms with Crippen LogP contribution in [-0.4, -0.2) is 5.78 Å². The second kappa shape index (κ2) is 8.48. The van der Waals surface area contributed by atoms with Gasteiger partial charge in [-0.25, -0.2) is 0 Å². The third-order valence-corrected chi connectivity index (χ3v) is 4.93. The molecule has 0 N–H and O–H groups in total. The summed E-state index contributed by atoms with van der Waals surface area (Å²) < 4.78 is 3.19. The Labute approximate surface area is 116 Å². The van der Waals surface area contributed by atoms with E-state index in [0.29, 0.717) is 18.6 Å². The van der Waals surface area contributed by atoms with E-state index in [1.54, 1.807) is 0 Å². The van der Waals surface area contributed by atoms with Gasteiger partial charge in [-0.1, -0.05) is 19.9 Å². The molecule has 0 atom stereocenters. The Balaban J connectivity index is 0.000000288. The summed E-state index contributed by atoms with van der Waals surface area (Å²) in [7, 11) is 0. The fourth-order valence-electron chi connectivity index (χ4n) is 0.727. The van der Waals surface area contributed by atoms with Gasteiger partial charge in [0.1, 0.15) is 5.78 Å². The van der Waals surface area contributed by atoms with Gasteiger partial charge in [0.2, 0.25) is 0 Å². The number of halogens is 3. The highest BCUT2D eigenvalue weighted by atomic mass is 79.9. The van der Waals surface area contributed by atoms with Crippen molar-refractivity contribution in [3.63, 3.8) is 0 Å². The Bertz CT molecular complexity index is 297. The minimum Gasteiger partial charge on any atom is -0.300 e. The molecule has 1 rings (SSSR count). The lowest BCUT2D eigenvalue weighted by Crippen LogP contribution is -1.88. The van der Waals surface area contributed by atoms with Crippen molar-refractivity contribution in [2.45, 2.75) is 26.7 Å². The van der Waals surface area contributed by atoms with Crippen LogP contribution in [0.2, 0.25) is 0 Å². The van der Waals surface area contributed by atoms with Crippen molar-refractivity contribution < 1.29 is 4.79 Å². The predicted molar refractivity (Wildman–Crippen MR) is 75.1 cm³/mol. The van der Waals surface area contributed by atoms with Gasteiger partial charge in [0.05, 0.1) is 0 Å². The molecule has 0 spiro atoms. The summed E-state index contributed by atoms with van der Waals surface area (Å²) in [4.78, 5) is 10.2. The fraction of sp³-hybridized carbons (Fsp3) is 0.364. The maximum atomic E-state index is 10.2. The minimum absolute atomic E-state index is 0.343. The van der Waals surface area contributed by atoms with E-state index in [0.717, 1.165) is 13.4 Å². The van der Waals surface area contributed by atoms with Crippen LogP contribution in [-0.2, 0) is 4.79 Å². The van der Waals surface area contributed by atoms with Crippen LogP contribution in [0.5, 0.6) is 0 Å². The first-order valence-corrected chi connectivity index (χ1v) is 7.02. The van der Waals surface area contributed by atoms with E-state index in [1.807, 2.05) is 32.0 Å². The number of benzene rings is 1. The van der Waals surface area contributed by atoms with Gasteiger partial charge in [-0.3, -0.25) is 4.79 Å². The SMILES string of the molecule is Brc1cccc(Br)c1Br.CCC(=O)CC. The summed E-state index contributed by atoms with van der Waals surface area (Å²) in [5.41, 5.74) is 0. The van der Waals surface area contributed by atoms with E-state index >= 15 is 0 Å². The lowest BCUT2D eigenvalue weighted by Gasteiger charge is -1.95. The molecule has 84 valence electrons. The quantitative estimate of drug-likeness (QED) is 0.611. The molecule has 1 aromatic rings. The van der Waals surface area contributed by atoms with E-state index in [-0.39, 0.29) is 0 Å². The van der Waals surface area contributed by atoms with Gasteiger partial charge in [0, 0.05) is 26.3 Å². The van der Waals surface area contributed by atoms with Crippen molar-refractivity contribution >= 4 is 53.6 Å². The molecule has 0 saturated carbocycles. The minimum atomic E-state index is 0.343. The Kier molecular flexibility index (Phi) is 8.66. The normalized spacial score (nSPS) is 9.13. The van der Waals surface area contributed by atoms with E-state index in [9.17, 15) is 4.79 Å². The predicted octanol–water partition coefficient (Wildman–Crippen LogP) is 5.35. The van der Waals surface area contributed by atoms with Gasteiger partial charge in [-0.2, -0.15) is 0 Å². The van der Waals surface area contributed by atoms with Crippen LogP contribution < -0.4 is 0 Å². The van der Waals surface area contributed by atoms with Crippen LogP contribution in [0.15, 0.2) is 31.6 Å². The summed E-state index contributed by atoms with van der Waals surface area (Å²) in [6, 6.07) is 5.93. The summed E-state index contributed by atoms with van der Waals surface area (Å²) in [6.07, 6.45) is 1.38. The molecule has 0 aliphatic rings. The van der Waals surface area contributed by atoms with Crippen molar-refractivity contribution in [3.8, 4) is 0 Å². The molecule has 1 nitrogen and oxygen atoms in total. The Morgan fingerprint density at radius 2 is 1.47 bits per heavy atom. The molecule has 0 aromatic heterocycles. The highest BCUT2D eigenvalue weighted by molar-refractivity contribution is 9.14. The monoisotopic (exact) mass is 398 g/mol.